The molecule has 1 amide bonds. The minimum atomic E-state index is -0.0902. The fourth-order valence-electron chi connectivity index (χ4n) is 1.99. The van der Waals surface area contributed by atoms with Crippen LogP contribution in [0.1, 0.15) is 27.0 Å². The lowest BCUT2D eigenvalue weighted by Gasteiger charge is -2.26. The Morgan fingerprint density at radius 3 is 2.79 bits per heavy atom. The fraction of sp³-hybridized carbons (Fsp3) is 0.538. The third-order valence-corrected chi connectivity index (χ3v) is 4.08. The van der Waals surface area contributed by atoms with Gasteiger partial charge in [0.25, 0.3) is 5.91 Å². The van der Waals surface area contributed by atoms with Crippen LogP contribution in [0.15, 0.2) is 11.4 Å². The van der Waals surface area contributed by atoms with Gasteiger partial charge in [0.15, 0.2) is 5.78 Å². The predicted octanol–water partition coefficient (Wildman–Crippen LogP) is 0.586. The van der Waals surface area contributed by atoms with Crippen molar-refractivity contribution in [3.05, 3.63) is 21.9 Å². The van der Waals surface area contributed by atoms with Gasteiger partial charge in [-0.2, -0.15) is 0 Å². The molecule has 19 heavy (non-hydrogen) atoms. The maximum absolute atomic E-state index is 11.9. The summed E-state index contributed by atoms with van der Waals surface area (Å²) < 4.78 is 0. The first-order chi connectivity index (χ1) is 9.16. The Kier molecular flexibility index (Phi) is 5.07. The van der Waals surface area contributed by atoms with Crippen molar-refractivity contribution in [1.29, 1.82) is 0 Å². The molecule has 2 N–H and O–H groups in total. The number of ketones is 1. The Hall–Kier alpha value is -1.24. The van der Waals surface area contributed by atoms with E-state index >= 15 is 0 Å². The Morgan fingerprint density at radius 1 is 1.42 bits per heavy atom. The number of hydrogen-bond acceptors (Lipinski definition) is 5. The molecule has 5 nitrogen and oxygen atoms in total. The molecule has 0 atom stereocenters. The largest absolute Gasteiger partial charge is 0.350 e. The Balaban J connectivity index is 1.75. The lowest BCUT2D eigenvalue weighted by Crippen LogP contribution is -2.46. The maximum atomic E-state index is 11.9. The van der Waals surface area contributed by atoms with E-state index in [4.69, 9.17) is 0 Å². The molecule has 1 aromatic rings. The zero-order valence-electron chi connectivity index (χ0n) is 11.1. The first-order valence-corrected chi connectivity index (χ1v) is 7.35. The summed E-state index contributed by atoms with van der Waals surface area (Å²) in [7, 11) is 0. The van der Waals surface area contributed by atoms with Gasteiger partial charge in [0.05, 0.1) is 4.88 Å². The monoisotopic (exact) mass is 281 g/mol. The standard InChI is InChI=1S/C13H19N3O2S/c1-10(17)11-8-12(19-9-11)13(18)15-4-7-16-5-2-14-3-6-16/h8-9,14H,2-7H2,1H3,(H,15,18). The maximum Gasteiger partial charge on any atom is 0.261 e. The Labute approximate surface area is 117 Å². The molecule has 2 heterocycles. The molecule has 0 aromatic carbocycles. The number of thiophene rings is 1. The summed E-state index contributed by atoms with van der Waals surface area (Å²) in [6, 6.07) is 1.66. The Bertz CT molecular complexity index is 452. The van der Waals surface area contributed by atoms with Gasteiger partial charge in [0.2, 0.25) is 0 Å². The van der Waals surface area contributed by atoms with Crippen LogP contribution in [0.5, 0.6) is 0 Å². The van der Waals surface area contributed by atoms with Crippen molar-refractivity contribution in [3.8, 4) is 0 Å². The van der Waals surface area contributed by atoms with Gasteiger partial charge < -0.3 is 10.6 Å². The van der Waals surface area contributed by atoms with E-state index in [2.05, 4.69) is 15.5 Å². The first-order valence-electron chi connectivity index (χ1n) is 6.47. The number of nitrogens with one attached hydrogen (secondary N) is 2. The lowest BCUT2D eigenvalue weighted by atomic mass is 10.2. The molecular formula is C13H19N3O2S. The molecule has 0 bridgehead atoms. The number of hydrogen-bond donors (Lipinski definition) is 2. The number of rotatable bonds is 5. The van der Waals surface area contributed by atoms with Crippen molar-refractivity contribution in [2.24, 2.45) is 0 Å². The first kappa shape index (κ1) is 14.2. The molecule has 0 spiro atoms. The highest BCUT2D eigenvalue weighted by molar-refractivity contribution is 7.12. The van der Waals surface area contributed by atoms with Crippen LogP contribution in [0.3, 0.4) is 0 Å². The summed E-state index contributed by atoms with van der Waals surface area (Å²) in [5, 5.41) is 7.92. The molecule has 0 unspecified atom stereocenters. The van der Waals surface area contributed by atoms with Crippen LogP contribution in [0, 0.1) is 0 Å². The van der Waals surface area contributed by atoms with E-state index in [0.717, 1.165) is 32.7 Å². The van der Waals surface area contributed by atoms with Crippen LogP contribution in [0.4, 0.5) is 0 Å². The molecule has 1 aliphatic rings. The van der Waals surface area contributed by atoms with Crippen LogP contribution in [0.25, 0.3) is 0 Å². The average Bonchev–Trinajstić information content (AvgIpc) is 2.89. The van der Waals surface area contributed by atoms with Gasteiger partial charge >= 0.3 is 0 Å². The van der Waals surface area contributed by atoms with Crippen LogP contribution >= 0.6 is 11.3 Å². The second-order valence-electron chi connectivity index (χ2n) is 4.60. The summed E-state index contributed by atoms with van der Waals surface area (Å²) in [6.07, 6.45) is 0. The van der Waals surface area contributed by atoms with Crippen LogP contribution in [-0.4, -0.2) is 55.9 Å². The predicted molar refractivity (Wildman–Crippen MR) is 76.0 cm³/mol. The summed E-state index contributed by atoms with van der Waals surface area (Å²) >= 11 is 1.32. The highest BCUT2D eigenvalue weighted by Gasteiger charge is 2.12. The van der Waals surface area contributed by atoms with Crippen molar-refractivity contribution in [2.75, 3.05) is 39.3 Å². The van der Waals surface area contributed by atoms with E-state index in [1.165, 1.54) is 18.3 Å². The summed E-state index contributed by atoms with van der Waals surface area (Å²) in [6.45, 7) is 7.12. The van der Waals surface area contributed by atoms with Crippen molar-refractivity contribution >= 4 is 23.0 Å². The fourth-order valence-corrected chi connectivity index (χ4v) is 2.85. The number of carbonyl (C=O) groups is 2. The molecule has 104 valence electrons. The third kappa shape index (κ3) is 4.12. The Morgan fingerprint density at radius 2 is 2.16 bits per heavy atom. The summed E-state index contributed by atoms with van der Waals surface area (Å²) in [5.74, 6) is -0.0937. The smallest absolute Gasteiger partial charge is 0.261 e. The van der Waals surface area contributed by atoms with E-state index in [1.807, 2.05) is 0 Å². The SMILES string of the molecule is CC(=O)c1csc(C(=O)NCCN2CCNCC2)c1. The van der Waals surface area contributed by atoms with Gasteiger partial charge in [-0.1, -0.05) is 0 Å². The number of piperazine rings is 1. The summed E-state index contributed by atoms with van der Waals surface area (Å²) in [4.78, 5) is 26.0. The van der Waals surface area contributed by atoms with Gasteiger partial charge in [-0.3, -0.25) is 14.5 Å². The van der Waals surface area contributed by atoms with Gasteiger partial charge in [0, 0.05) is 50.2 Å². The quantitative estimate of drug-likeness (QED) is 0.775. The second kappa shape index (κ2) is 6.79. The van der Waals surface area contributed by atoms with Crippen LogP contribution in [-0.2, 0) is 0 Å². The van der Waals surface area contributed by atoms with Crippen LogP contribution < -0.4 is 10.6 Å². The summed E-state index contributed by atoms with van der Waals surface area (Å²) in [5.41, 5.74) is 0.609. The van der Waals surface area contributed by atoms with E-state index in [-0.39, 0.29) is 11.7 Å². The molecule has 0 saturated carbocycles. The average molecular weight is 281 g/mol. The topological polar surface area (TPSA) is 61.4 Å². The minimum Gasteiger partial charge on any atom is -0.350 e. The van der Waals surface area contributed by atoms with Crippen molar-refractivity contribution < 1.29 is 9.59 Å². The van der Waals surface area contributed by atoms with Gasteiger partial charge in [-0.05, 0) is 13.0 Å². The normalized spacial score (nSPS) is 16.3. The van der Waals surface area contributed by atoms with Gasteiger partial charge in [0.1, 0.15) is 0 Å². The van der Waals surface area contributed by atoms with E-state index in [1.54, 1.807) is 11.4 Å². The highest BCUT2D eigenvalue weighted by atomic mass is 32.1. The molecule has 6 heteroatoms. The van der Waals surface area contributed by atoms with E-state index < -0.39 is 0 Å². The number of carbonyl (C=O) groups excluding carboxylic acids is 2. The molecule has 1 aromatic heterocycles. The van der Waals surface area contributed by atoms with Crippen molar-refractivity contribution in [1.82, 2.24) is 15.5 Å². The highest BCUT2D eigenvalue weighted by Crippen LogP contribution is 2.14. The number of Topliss-reactive ketones (excluding diaryl/α,β-unsaturated/α-hetero) is 1. The zero-order valence-corrected chi connectivity index (χ0v) is 11.9. The van der Waals surface area contributed by atoms with Crippen molar-refractivity contribution in [2.45, 2.75) is 6.92 Å². The molecule has 0 aliphatic carbocycles. The van der Waals surface area contributed by atoms with Crippen molar-refractivity contribution in [3.63, 3.8) is 0 Å². The van der Waals surface area contributed by atoms with Gasteiger partial charge in [-0.25, -0.2) is 0 Å². The molecule has 1 aliphatic heterocycles. The molecule has 0 radical (unpaired) electrons. The molecular weight excluding hydrogens is 262 g/mol. The zero-order chi connectivity index (χ0) is 13.7. The molecule has 1 saturated heterocycles. The van der Waals surface area contributed by atoms with Gasteiger partial charge in [-0.15, -0.1) is 11.3 Å². The minimum absolute atomic E-state index is 0.00360. The molecule has 2 rings (SSSR count). The molecule has 1 fully saturated rings. The second-order valence-corrected chi connectivity index (χ2v) is 5.51. The third-order valence-electron chi connectivity index (χ3n) is 3.15. The number of nitrogens with zero attached hydrogens (tertiary/aromatic N) is 1. The lowest BCUT2D eigenvalue weighted by molar-refractivity contribution is 0.0951. The number of amides is 1. The van der Waals surface area contributed by atoms with E-state index in [9.17, 15) is 9.59 Å². The van der Waals surface area contributed by atoms with E-state index in [0.29, 0.717) is 17.0 Å². The van der Waals surface area contributed by atoms with Crippen LogP contribution in [0.2, 0.25) is 0 Å².